The van der Waals surface area contributed by atoms with Gasteiger partial charge in [0.1, 0.15) is 5.75 Å². The standard InChI is InChI=1S/C31H42O4Si/c1-25(23-32)30(34-24-26-18-20-27(33-5)21-19-26)17-12-22-35-36(31(2,3)4,28-13-8-6-9-14-28)29-15-10-7-11-16-29/h6-11,13-16,18-21,25,30,32H,12,17,22-24H2,1-5H3/t25-,30-/m0/s1. The average molecular weight is 507 g/mol. The van der Waals surface area contributed by atoms with E-state index in [2.05, 4.69) is 81.4 Å². The van der Waals surface area contributed by atoms with E-state index in [1.807, 2.05) is 31.2 Å². The fourth-order valence-electron chi connectivity index (χ4n) is 4.85. The van der Waals surface area contributed by atoms with Crippen molar-refractivity contribution in [3.05, 3.63) is 90.5 Å². The fraction of sp³-hybridized carbons (Fsp3) is 0.419. The third-order valence-corrected chi connectivity index (χ3v) is 12.0. The molecule has 3 aromatic carbocycles. The first-order chi connectivity index (χ1) is 17.3. The van der Waals surface area contributed by atoms with Crippen molar-refractivity contribution in [3.8, 4) is 5.75 Å². The minimum Gasteiger partial charge on any atom is -0.497 e. The third-order valence-electron chi connectivity index (χ3n) is 6.91. The predicted octanol–water partition coefficient (Wildman–Crippen LogP) is 5.57. The second-order valence-electron chi connectivity index (χ2n) is 10.5. The maximum Gasteiger partial charge on any atom is 0.261 e. The highest BCUT2D eigenvalue weighted by Crippen LogP contribution is 2.37. The van der Waals surface area contributed by atoms with Gasteiger partial charge in [-0.1, -0.05) is 100 Å². The minimum atomic E-state index is -2.54. The molecule has 0 saturated carbocycles. The van der Waals surface area contributed by atoms with Gasteiger partial charge in [0.05, 0.1) is 19.8 Å². The van der Waals surface area contributed by atoms with Crippen molar-refractivity contribution in [1.82, 2.24) is 0 Å². The molecule has 3 aromatic rings. The van der Waals surface area contributed by atoms with Crippen LogP contribution >= 0.6 is 0 Å². The van der Waals surface area contributed by atoms with Crippen LogP contribution in [-0.2, 0) is 15.8 Å². The summed E-state index contributed by atoms with van der Waals surface area (Å²) in [6.45, 7) is 10.2. The molecule has 0 aromatic heterocycles. The predicted molar refractivity (Wildman–Crippen MR) is 151 cm³/mol. The molecule has 3 rings (SSSR count). The van der Waals surface area contributed by atoms with Gasteiger partial charge in [-0.3, -0.25) is 0 Å². The van der Waals surface area contributed by atoms with Gasteiger partial charge in [0.25, 0.3) is 8.32 Å². The molecule has 0 aliphatic heterocycles. The van der Waals surface area contributed by atoms with E-state index in [1.54, 1.807) is 7.11 Å². The van der Waals surface area contributed by atoms with Crippen LogP contribution in [0.15, 0.2) is 84.9 Å². The second-order valence-corrected chi connectivity index (χ2v) is 14.8. The van der Waals surface area contributed by atoms with Gasteiger partial charge >= 0.3 is 0 Å². The van der Waals surface area contributed by atoms with Crippen LogP contribution in [0.3, 0.4) is 0 Å². The molecule has 0 spiro atoms. The molecule has 0 radical (unpaired) electrons. The Labute approximate surface area is 218 Å². The molecule has 0 unspecified atom stereocenters. The van der Waals surface area contributed by atoms with E-state index >= 15 is 0 Å². The van der Waals surface area contributed by atoms with Crippen molar-refractivity contribution >= 4 is 18.7 Å². The Morgan fingerprint density at radius 2 is 1.39 bits per heavy atom. The molecule has 1 N–H and O–H groups in total. The quantitative estimate of drug-likeness (QED) is 0.243. The van der Waals surface area contributed by atoms with E-state index in [0.29, 0.717) is 13.2 Å². The van der Waals surface area contributed by atoms with E-state index < -0.39 is 8.32 Å². The van der Waals surface area contributed by atoms with Gasteiger partial charge in [-0.25, -0.2) is 0 Å². The molecule has 0 bridgehead atoms. The maximum absolute atomic E-state index is 9.84. The van der Waals surface area contributed by atoms with Gasteiger partial charge in [0.2, 0.25) is 0 Å². The summed E-state index contributed by atoms with van der Waals surface area (Å²) in [6, 6.07) is 29.4. The Balaban J connectivity index is 1.72. The van der Waals surface area contributed by atoms with Gasteiger partial charge in [-0.05, 0) is 45.9 Å². The van der Waals surface area contributed by atoms with Crippen LogP contribution in [-0.4, -0.2) is 39.9 Å². The van der Waals surface area contributed by atoms with Crippen LogP contribution in [0.1, 0.15) is 46.1 Å². The Morgan fingerprint density at radius 3 is 1.86 bits per heavy atom. The monoisotopic (exact) mass is 506 g/mol. The lowest BCUT2D eigenvalue weighted by Gasteiger charge is -2.43. The van der Waals surface area contributed by atoms with E-state index in [9.17, 15) is 5.11 Å². The van der Waals surface area contributed by atoms with Crippen LogP contribution in [0.25, 0.3) is 0 Å². The zero-order valence-corrected chi connectivity index (χ0v) is 23.4. The molecule has 0 amide bonds. The van der Waals surface area contributed by atoms with Crippen molar-refractivity contribution in [2.45, 2.75) is 58.3 Å². The highest BCUT2D eigenvalue weighted by molar-refractivity contribution is 6.99. The lowest BCUT2D eigenvalue weighted by molar-refractivity contribution is -0.0179. The summed E-state index contributed by atoms with van der Waals surface area (Å²) >= 11 is 0. The zero-order chi connectivity index (χ0) is 26.0. The summed E-state index contributed by atoms with van der Waals surface area (Å²) in [5, 5.41) is 12.4. The molecular weight excluding hydrogens is 464 g/mol. The number of aliphatic hydroxyl groups is 1. The third kappa shape index (κ3) is 6.86. The molecule has 0 heterocycles. The fourth-order valence-corrected chi connectivity index (χ4v) is 9.45. The number of benzene rings is 3. The van der Waals surface area contributed by atoms with Gasteiger partial charge in [0, 0.05) is 19.1 Å². The molecule has 4 nitrogen and oxygen atoms in total. The summed E-state index contributed by atoms with van der Waals surface area (Å²) in [5.74, 6) is 0.885. The highest BCUT2D eigenvalue weighted by Gasteiger charge is 2.49. The van der Waals surface area contributed by atoms with E-state index in [0.717, 1.165) is 24.2 Å². The Bertz CT molecular complexity index is 976. The van der Waals surface area contributed by atoms with Crippen molar-refractivity contribution in [2.24, 2.45) is 5.92 Å². The molecule has 2 atom stereocenters. The van der Waals surface area contributed by atoms with Crippen LogP contribution in [0, 0.1) is 5.92 Å². The normalized spacial score (nSPS) is 13.8. The number of methoxy groups -OCH3 is 1. The lowest BCUT2D eigenvalue weighted by Crippen LogP contribution is -2.66. The second kappa shape index (κ2) is 13.2. The van der Waals surface area contributed by atoms with Gasteiger partial charge in [0.15, 0.2) is 0 Å². The molecule has 36 heavy (non-hydrogen) atoms. The summed E-state index contributed by atoms with van der Waals surface area (Å²) in [6.07, 6.45) is 1.65. The SMILES string of the molecule is COc1ccc(CO[C@@H](CCCO[Si](c2ccccc2)(c2ccccc2)C(C)(C)C)[C@@H](C)CO)cc1. The number of ether oxygens (including phenoxy) is 2. The highest BCUT2D eigenvalue weighted by atomic mass is 28.4. The van der Waals surface area contributed by atoms with Gasteiger partial charge in [-0.15, -0.1) is 0 Å². The number of hydrogen-bond donors (Lipinski definition) is 1. The molecule has 5 heteroatoms. The lowest BCUT2D eigenvalue weighted by atomic mass is 10.0. The van der Waals surface area contributed by atoms with Crippen LogP contribution < -0.4 is 15.1 Å². The number of aliphatic hydroxyl groups excluding tert-OH is 1. The smallest absolute Gasteiger partial charge is 0.261 e. The summed E-state index contributed by atoms with van der Waals surface area (Å²) in [5.41, 5.74) is 1.09. The van der Waals surface area contributed by atoms with Crippen molar-refractivity contribution < 1.29 is 19.0 Å². The first-order valence-corrected chi connectivity index (χ1v) is 14.8. The van der Waals surface area contributed by atoms with E-state index in [1.165, 1.54) is 10.4 Å². The minimum absolute atomic E-state index is 0.0418. The van der Waals surface area contributed by atoms with Gasteiger partial charge < -0.3 is 19.0 Å². The molecule has 194 valence electrons. The summed E-state index contributed by atoms with van der Waals surface area (Å²) in [7, 11) is -0.873. The zero-order valence-electron chi connectivity index (χ0n) is 22.4. The molecular formula is C31H42O4Si. The Hall–Kier alpha value is -2.44. The first kappa shape index (κ1) is 28.1. The molecule has 0 saturated heterocycles. The topological polar surface area (TPSA) is 47.9 Å². The molecule has 0 aliphatic rings. The Morgan fingerprint density at radius 1 is 0.833 bits per heavy atom. The van der Waals surface area contributed by atoms with Crippen LogP contribution in [0.2, 0.25) is 5.04 Å². The Kier molecular flexibility index (Phi) is 10.3. The van der Waals surface area contributed by atoms with Crippen LogP contribution in [0.5, 0.6) is 5.75 Å². The summed E-state index contributed by atoms with van der Waals surface area (Å²) in [4.78, 5) is 0. The number of hydrogen-bond acceptors (Lipinski definition) is 4. The molecule has 0 fully saturated rings. The van der Waals surface area contributed by atoms with Crippen molar-refractivity contribution in [3.63, 3.8) is 0 Å². The molecule has 0 aliphatic carbocycles. The first-order valence-electron chi connectivity index (χ1n) is 12.9. The van der Waals surface area contributed by atoms with E-state index in [4.69, 9.17) is 13.9 Å². The maximum atomic E-state index is 9.84. The van der Waals surface area contributed by atoms with Gasteiger partial charge in [-0.2, -0.15) is 0 Å². The average Bonchev–Trinajstić information content (AvgIpc) is 2.90. The number of rotatable bonds is 13. The van der Waals surface area contributed by atoms with Crippen LogP contribution in [0.4, 0.5) is 0 Å². The van der Waals surface area contributed by atoms with E-state index in [-0.39, 0.29) is 23.7 Å². The summed E-state index contributed by atoms with van der Waals surface area (Å²) < 4.78 is 18.5. The largest absolute Gasteiger partial charge is 0.497 e. The van der Waals surface area contributed by atoms with Crippen molar-refractivity contribution in [1.29, 1.82) is 0 Å². The van der Waals surface area contributed by atoms with Crippen molar-refractivity contribution in [2.75, 3.05) is 20.3 Å².